The number of carbonyl (C=O) groups is 1. The number of hydrogen-bond donors (Lipinski definition) is 1. The van der Waals surface area contributed by atoms with E-state index >= 15 is 0 Å². The van der Waals surface area contributed by atoms with Gasteiger partial charge < -0.3 is 5.11 Å². The minimum atomic E-state index is 0.0853. The molecule has 1 aromatic carbocycles. The van der Waals surface area contributed by atoms with Crippen LogP contribution in [0.1, 0.15) is 40.1 Å². The molecule has 1 N–H and O–H groups in total. The third kappa shape index (κ3) is 3.64. The topological polar surface area (TPSA) is 40.5 Å². The van der Waals surface area contributed by atoms with Gasteiger partial charge in [0.15, 0.2) is 5.78 Å². The van der Waals surface area contributed by atoms with Gasteiger partial charge >= 0.3 is 0 Å². The van der Waals surface area contributed by atoms with Crippen LogP contribution in [-0.2, 0) is 13.2 Å². The van der Waals surface area contributed by atoms with Crippen LogP contribution in [0.15, 0.2) is 41.8 Å². The predicted octanol–water partition coefficient (Wildman–Crippen LogP) is 3.48. The Morgan fingerprint density at radius 1 is 1.23 bits per heavy atom. The Bertz CT molecular complexity index is 607. The van der Waals surface area contributed by atoms with Crippen LogP contribution in [0.4, 0.5) is 0 Å². The van der Waals surface area contributed by atoms with E-state index in [0.29, 0.717) is 12.5 Å². The van der Waals surface area contributed by atoms with E-state index < -0.39 is 0 Å². The van der Waals surface area contributed by atoms with Crippen molar-refractivity contribution in [2.45, 2.75) is 38.5 Å². The molecule has 0 aliphatic carbocycles. The molecule has 3 nitrogen and oxygen atoms in total. The third-order valence-corrected chi connectivity index (χ3v) is 5.22. The van der Waals surface area contributed by atoms with Crippen molar-refractivity contribution < 1.29 is 9.90 Å². The lowest BCUT2D eigenvalue weighted by molar-refractivity contribution is 0.0942. The Kier molecular flexibility index (Phi) is 5.03. The number of thiophene rings is 1. The Morgan fingerprint density at radius 2 is 2.00 bits per heavy atom. The molecule has 2 heterocycles. The van der Waals surface area contributed by atoms with Crippen LogP contribution in [0.2, 0.25) is 0 Å². The minimum absolute atomic E-state index is 0.0853. The molecule has 1 aliphatic heterocycles. The quantitative estimate of drug-likeness (QED) is 0.830. The minimum Gasteiger partial charge on any atom is -0.392 e. The van der Waals surface area contributed by atoms with E-state index in [1.807, 2.05) is 29.6 Å². The fourth-order valence-corrected chi connectivity index (χ4v) is 3.75. The number of rotatable bonds is 6. The second-order valence-corrected chi connectivity index (χ2v) is 6.79. The molecular weight excluding hydrogens is 294 g/mol. The van der Waals surface area contributed by atoms with E-state index in [-0.39, 0.29) is 12.4 Å². The molecule has 3 rings (SSSR count). The van der Waals surface area contributed by atoms with Gasteiger partial charge in [0.25, 0.3) is 0 Å². The fraction of sp³-hybridized carbons (Fsp3) is 0.389. The van der Waals surface area contributed by atoms with Gasteiger partial charge in [-0.15, -0.1) is 11.3 Å². The number of benzene rings is 1. The Balaban J connectivity index is 1.61. The van der Waals surface area contributed by atoms with Gasteiger partial charge in [-0.05, 0) is 42.0 Å². The van der Waals surface area contributed by atoms with Crippen molar-refractivity contribution in [3.63, 3.8) is 0 Å². The molecule has 1 atom stereocenters. The van der Waals surface area contributed by atoms with Crippen molar-refractivity contribution >= 4 is 17.1 Å². The van der Waals surface area contributed by atoms with Crippen molar-refractivity contribution in [2.75, 3.05) is 6.54 Å². The molecule has 0 bridgehead atoms. The molecule has 1 saturated heterocycles. The summed E-state index contributed by atoms with van der Waals surface area (Å²) in [7, 11) is 0. The number of nitrogens with zero attached hydrogens (tertiary/aromatic N) is 1. The van der Waals surface area contributed by atoms with Crippen LogP contribution in [0.3, 0.4) is 0 Å². The summed E-state index contributed by atoms with van der Waals surface area (Å²) >= 11 is 1.53. The van der Waals surface area contributed by atoms with Gasteiger partial charge in [-0.3, -0.25) is 9.69 Å². The Labute approximate surface area is 135 Å². The summed E-state index contributed by atoms with van der Waals surface area (Å²) in [5.74, 6) is 0.266. The summed E-state index contributed by atoms with van der Waals surface area (Å²) in [4.78, 5) is 15.6. The van der Waals surface area contributed by atoms with Crippen LogP contribution >= 0.6 is 11.3 Å². The molecule has 0 saturated carbocycles. The van der Waals surface area contributed by atoms with Gasteiger partial charge in [-0.2, -0.15) is 0 Å². The van der Waals surface area contributed by atoms with Crippen LogP contribution in [0, 0.1) is 0 Å². The molecule has 2 aromatic rings. The highest BCUT2D eigenvalue weighted by Gasteiger charge is 2.27. The van der Waals surface area contributed by atoms with E-state index in [9.17, 15) is 4.79 Å². The number of ketones is 1. The Morgan fingerprint density at radius 3 is 2.68 bits per heavy atom. The average molecular weight is 315 g/mol. The average Bonchev–Trinajstić information content (AvgIpc) is 3.20. The number of carbonyl (C=O) groups excluding carboxylic acids is 1. The van der Waals surface area contributed by atoms with Crippen LogP contribution in [0.5, 0.6) is 0 Å². The molecular formula is C18H21NO2S. The molecule has 1 fully saturated rings. The summed E-state index contributed by atoms with van der Waals surface area (Å²) in [6.45, 7) is 2.03. The van der Waals surface area contributed by atoms with Gasteiger partial charge in [0.1, 0.15) is 0 Å². The van der Waals surface area contributed by atoms with Gasteiger partial charge in [-0.1, -0.05) is 30.3 Å². The molecule has 22 heavy (non-hydrogen) atoms. The molecule has 0 spiro atoms. The molecule has 1 aliphatic rings. The molecule has 0 amide bonds. The summed E-state index contributed by atoms with van der Waals surface area (Å²) in [5, 5.41) is 11.1. The molecule has 1 aromatic heterocycles. The van der Waals surface area contributed by atoms with Crippen molar-refractivity contribution in [3.05, 3.63) is 57.8 Å². The Hall–Kier alpha value is -1.49. The zero-order chi connectivity index (χ0) is 15.4. The molecule has 0 radical (unpaired) electrons. The van der Waals surface area contributed by atoms with Crippen molar-refractivity contribution in [1.29, 1.82) is 0 Å². The lowest BCUT2D eigenvalue weighted by Gasteiger charge is -2.24. The lowest BCUT2D eigenvalue weighted by atomic mass is 10.1. The van der Waals surface area contributed by atoms with Crippen LogP contribution < -0.4 is 0 Å². The van der Waals surface area contributed by atoms with Crippen molar-refractivity contribution in [3.8, 4) is 0 Å². The maximum Gasteiger partial charge on any atom is 0.174 e. The number of aliphatic hydroxyl groups excluding tert-OH is 1. The summed E-state index contributed by atoms with van der Waals surface area (Å²) in [6, 6.07) is 12.3. The monoisotopic (exact) mass is 315 g/mol. The third-order valence-electron chi connectivity index (χ3n) is 4.31. The first kappa shape index (κ1) is 15.4. The maximum atomic E-state index is 12.3. The zero-order valence-corrected chi connectivity index (χ0v) is 13.4. The van der Waals surface area contributed by atoms with E-state index in [0.717, 1.165) is 36.4 Å². The first-order chi connectivity index (χ1) is 10.8. The number of aliphatic hydroxyl groups is 1. The number of Topliss-reactive ketones (excluding diaryl/α,β-unsaturated/α-hetero) is 1. The second-order valence-electron chi connectivity index (χ2n) is 5.85. The van der Waals surface area contributed by atoms with Crippen LogP contribution in [-0.4, -0.2) is 28.4 Å². The van der Waals surface area contributed by atoms with E-state index in [1.165, 1.54) is 16.9 Å². The van der Waals surface area contributed by atoms with Gasteiger partial charge in [0, 0.05) is 19.0 Å². The fourth-order valence-electron chi connectivity index (χ4n) is 3.07. The highest BCUT2D eigenvalue weighted by Crippen LogP contribution is 2.25. The normalized spacial score (nSPS) is 18.7. The molecule has 116 valence electrons. The highest BCUT2D eigenvalue weighted by atomic mass is 32.1. The first-order valence-corrected chi connectivity index (χ1v) is 8.63. The maximum absolute atomic E-state index is 12.3. The van der Waals surface area contributed by atoms with E-state index in [1.54, 1.807) is 0 Å². The van der Waals surface area contributed by atoms with E-state index in [2.05, 4.69) is 17.0 Å². The standard InChI is InChI=1S/C18H21NO2S/c20-13-15-7-5-14(6-8-15)12-19-9-1-3-16(19)11-17(21)18-4-2-10-22-18/h2,4-8,10,16,20H,1,3,9,11-13H2. The number of hydrogen-bond acceptors (Lipinski definition) is 4. The molecule has 4 heteroatoms. The summed E-state index contributed by atoms with van der Waals surface area (Å²) in [6.07, 6.45) is 2.89. The van der Waals surface area contributed by atoms with Gasteiger partial charge in [-0.25, -0.2) is 0 Å². The van der Waals surface area contributed by atoms with Gasteiger partial charge in [0.05, 0.1) is 11.5 Å². The largest absolute Gasteiger partial charge is 0.392 e. The zero-order valence-electron chi connectivity index (χ0n) is 12.6. The highest BCUT2D eigenvalue weighted by molar-refractivity contribution is 7.12. The SMILES string of the molecule is O=C(CC1CCCN1Cc1ccc(CO)cc1)c1cccs1. The molecule has 1 unspecified atom stereocenters. The number of likely N-dealkylation sites (tertiary alicyclic amines) is 1. The first-order valence-electron chi connectivity index (χ1n) is 7.75. The smallest absolute Gasteiger partial charge is 0.174 e. The van der Waals surface area contributed by atoms with E-state index in [4.69, 9.17) is 5.11 Å². The van der Waals surface area contributed by atoms with Crippen molar-refractivity contribution in [1.82, 2.24) is 4.90 Å². The van der Waals surface area contributed by atoms with Crippen LogP contribution in [0.25, 0.3) is 0 Å². The van der Waals surface area contributed by atoms with Gasteiger partial charge in [0.2, 0.25) is 0 Å². The summed E-state index contributed by atoms with van der Waals surface area (Å²) < 4.78 is 0. The predicted molar refractivity (Wildman–Crippen MR) is 89.1 cm³/mol. The summed E-state index contributed by atoms with van der Waals surface area (Å²) in [5.41, 5.74) is 2.18. The second kappa shape index (κ2) is 7.18. The lowest BCUT2D eigenvalue weighted by Crippen LogP contribution is -2.30. The van der Waals surface area contributed by atoms with Crippen molar-refractivity contribution in [2.24, 2.45) is 0 Å².